The number of anilines is 2. The van der Waals surface area contributed by atoms with Gasteiger partial charge in [-0.05, 0) is 49.9 Å². The number of nitrogens with one attached hydrogen (secondary N) is 1. The van der Waals surface area contributed by atoms with Crippen molar-refractivity contribution in [3.8, 4) is 11.3 Å². The summed E-state index contributed by atoms with van der Waals surface area (Å²) in [5.74, 6) is 1.59. The Labute approximate surface area is 195 Å². The average molecular weight is 463 g/mol. The number of nitrogens with two attached hydrogens (primary N) is 1. The highest BCUT2D eigenvalue weighted by atomic mass is 35.5. The van der Waals surface area contributed by atoms with Crippen LogP contribution >= 0.6 is 11.6 Å². The fourth-order valence-corrected chi connectivity index (χ4v) is 4.64. The normalized spacial score (nSPS) is 18.4. The van der Waals surface area contributed by atoms with Crippen LogP contribution in [0.25, 0.3) is 16.8 Å². The van der Waals surface area contributed by atoms with Gasteiger partial charge in [0.2, 0.25) is 0 Å². The number of nitrogen functional groups attached to an aromatic ring is 1. The van der Waals surface area contributed by atoms with E-state index in [1.165, 1.54) is 0 Å². The molecule has 1 fully saturated rings. The summed E-state index contributed by atoms with van der Waals surface area (Å²) < 4.78 is 1.98. The van der Waals surface area contributed by atoms with Crippen LogP contribution < -0.4 is 11.1 Å². The Morgan fingerprint density at radius 1 is 1.12 bits per heavy atom. The molecule has 3 heterocycles. The number of aliphatic hydroxyl groups is 1. The predicted octanol–water partition coefficient (Wildman–Crippen LogP) is 4.30. The molecule has 3 aromatic heterocycles. The van der Waals surface area contributed by atoms with Crippen LogP contribution in [0.5, 0.6) is 0 Å². The second-order valence-corrected chi connectivity index (χ2v) is 8.63. The maximum Gasteiger partial charge on any atom is 0.258 e. The van der Waals surface area contributed by atoms with Crippen LogP contribution in [0.1, 0.15) is 47.8 Å². The molecule has 0 saturated heterocycles. The summed E-state index contributed by atoms with van der Waals surface area (Å²) >= 11 is 6.51. The zero-order valence-electron chi connectivity index (χ0n) is 17.8. The van der Waals surface area contributed by atoms with Gasteiger partial charge in [-0.25, -0.2) is 15.0 Å². The van der Waals surface area contributed by atoms with E-state index in [1.807, 2.05) is 16.7 Å². The van der Waals surface area contributed by atoms with E-state index in [4.69, 9.17) is 22.3 Å². The Hall–Kier alpha value is -3.49. The van der Waals surface area contributed by atoms with Crippen molar-refractivity contribution < 1.29 is 9.90 Å². The summed E-state index contributed by atoms with van der Waals surface area (Å²) in [6.07, 6.45) is 8.09. The number of pyridine rings is 1. The van der Waals surface area contributed by atoms with E-state index in [9.17, 15) is 9.90 Å². The number of hydrogen-bond acceptors (Lipinski definition) is 6. The van der Waals surface area contributed by atoms with Crippen LogP contribution in [0.15, 0.2) is 55.0 Å². The SMILES string of the molecule is Nc1nccn2c1c(-c1ccc(C(=O)Nc3ccccn3)c(Cl)c1)nc2[C@H]1CC[C@H](O)CC1. The maximum absolute atomic E-state index is 12.7. The lowest BCUT2D eigenvalue weighted by Gasteiger charge is -2.24. The molecule has 0 atom stereocenters. The molecule has 1 aromatic carbocycles. The number of rotatable bonds is 4. The highest BCUT2D eigenvalue weighted by molar-refractivity contribution is 6.34. The fourth-order valence-electron chi connectivity index (χ4n) is 4.38. The van der Waals surface area contributed by atoms with E-state index in [1.54, 1.807) is 42.7 Å². The first-order chi connectivity index (χ1) is 16.0. The molecule has 33 heavy (non-hydrogen) atoms. The number of hydrogen-bond donors (Lipinski definition) is 3. The smallest absolute Gasteiger partial charge is 0.258 e. The van der Waals surface area contributed by atoms with E-state index in [0.29, 0.717) is 33.4 Å². The monoisotopic (exact) mass is 462 g/mol. The molecule has 9 heteroatoms. The molecule has 5 rings (SSSR count). The highest BCUT2D eigenvalue weighted by Gasteiger charge is 2.27. The van der Waals surface area contributed by atoms with Crippen molar-refractivity contribution >= 4 is 34.7 Å². The Kier molecular flexibility index (Phi) is 5.70. The average Bonchev–Trinajstić information content (AvgIpc) is 3.21. The summed E-state index contributed by atoms with van der Waals surface area (Å²) in [6.45, 7) is 0. The molecular weight excluding hydrogens is 440 g/mol. The minimum Gasteiger partial charge on any atom is -0.393 e. The minimum absolute atomic E-state index is 0.218. The number of aliphatic hydroxyl groups excluding tert-OH is 1. The molecule has 1 aliphatic rings. The lowest BCUT2D eigenvalue weighted by molar-refractivity contribution is 0.102. The molecule has 0 unspecified atom stereocenters. The molecule has 0 aliphatic heterocycles. The van der Waals surface area contributed by atoms with Gasteiger partial charge in [0.1, 0.15) is 28.7 Å². The highest BCUT2D eigenvalue weighted by Crippen LogP contribution is 2.37. The largest absolute Gasteiger partial charge is 0.393 e. The van der Waals surface area contributed by atoms with Crippen molar-refractivity contribution in [2.75, 3.05) is 11.1 Å². The Balaban J connectivity index is 1.51. The third-order valence-electron chi connectivity index (χ3n) is 6.07. The van der Waals surface area contributed by atoms with Gasteiger partial charge in [-0.2, -0.15) is 0 Å². The standard InChI is InChI=1S/C24H23ClN6O2/c25-18-13-15(6-9-17(18)24(33)29-19-3-1-2-10-27-19)20-21-22(26)28-11-12-31(21)23(30-20)14-4-7-16(32)8-5-14/h1-3,6,9-14,16,32H,4-5,7-8H2,(H2,26,28)(H,27,29,33)/t14-,16-. The Morgan fingerprint density at radius 3 is 2.67 bits per heavy atom. The second-order valence-electron chi connectivity index (χ2n) is 8.22. The summed E-state index contributed by atoms with van der Waals surface area (Å²) in [4.78, 5) is 26.0. The van der Waals surface area contributed by atoms with E-state index in [0.717, 1.165) is 37.1 Å². The molecule has 4 N–H and O–H groups in total. The van der Waals surface area contributed by atoms with Gasteiger partial charge in [-0.15, -0.1) is 0 Å². The molecule has 168 valence electrons. The fraction of sp³-hybridized carbons (Fsp3) is 0.250. The van der Waals surface area contributed by atoms with Gasteiger partial charge in [-0.3, -0.25) is 9.20 Å². The van der Waals surface area contributed by atoms with Gasteiger partial charge in [0.05, 0.1) is 16.7 Å². The van der Waals surface area contributed by atoms with Crippen LogP contribution in [-0.2, 0) is 0 Å². The number of amides is 1. The number of halogens is 1. The van der Waals surface area contributed by atoms with Crippen molar-refractivity contribution in [2.24, 2.45) is 0 Å². The number of nitrogens with zero attached hydrogens (tertiary/aromatic N) is 4. The minimum atomic E-state index is -0.345. The number of carbonyl (C=O) groups excluding carboxylic acids is 1. The van der Waals surface area contributed by atoms with Crippen LogP contribution in [0.2, 0.25) is 5.02 Å². The molecule has 1 aliphatic carbocycles. The lowest BCUT2D eigenvalue weighted by Crippen LogP contribution is -2.18. The molecular formula is C24H23ClN6O2. The molecule has 1 amide bonds. The number of carbonyl (C=O) groups is 1. The first-order valence-corrected chi connectivity index (χ1v) is 11.2. The third-order valence-corrected chi connectivity index (χ3v) is 6.38. The van der Waals surface area contributed by atoms with Crippen LogP contribution in [0, 0.1) is 0 Å². The summed E-state index contributed by atoms with van der Waals surface area (Å²) in [7, 11) is 0. The molecule has 8 nitrogen and oxygen atoms in total. The predicted molar refractivity (Wildman–Crippen MR) is 127 cm³/mol. The maximum atomic E-state index is 12.7. The number of imidazole rings is 1. The molecule has 0 spiro atoms. The van der Waals surface area contributed by atoms with Crippen molar-refractivity contribution in [1.29, 1.82) is 0 Å². The number of fused-ring (bicyclic) bond motifs is 1. The van der Waals surface area contributed by atoms with Gasteiger partial charge in [0.25, 0.3) is 5.91 Å². The van der Waals surface area contributed by atoms with E-state index in [2.05, 4.69) is 15.3 Å². The lowest BCUT2D eigenvalue weighted by atomic mass is 9.87. The van der Waals surface area contributed by atoms with E-state index in [-0.39, 0.29) is 17.9 Å². The number of benzene rings is 1. The molecule has 0 bridgehead atoms. The summed E-state index contributed by atoms with van der Waals surface area (Å²) in [5.41, 5.74) is 8.70. The van der Waals surface area contributed by atoms with Crippen LogP contribution in [-0.4, -0.2) is 36.5 Å². The first kappa shape index (κ1) is 21.4. The Morgan fingerprint density at radius 2 is 1.94 bits per heavy atom. The first-order valence-electron chi connectivity index (χ1n) is 10.8. The van der Waals surface area contributed by atoms with Gasteiger partial charge >= 0.3 is 0 Å². The van der Waals surface area contributed by atoms with E-state index >= 15 is 0 Å². The van der Waals surface area contributed by atoms with Gasteiger partial charge in [0, 0.05) is 30.1 Å². The summed E-state index contributed by atoms with van der Waals surface area (Å²) in [6, 6.07) is 10.5. The van der Waals surface area contributed by atoms with Crippen molar-refractivity contribution in [2.45, 2.75) is 37.7 Å². The second kappa shape index (κ2) is 8.80. The number of aromatic nitrogens is 4. The zero-order chi connectivity index (χ0) is 22.9. The van der Waals surface area contributed by atoms with Crippen molar-refractivity contribution in [3.05, 3.63) is 71.4 Å². The molecule has 4 aromatic rings. The van der Waals surface area contributed by atoms with Gasteiger partial charge in [0.15, 0.2) is 0 Å². The van der Waals surface area contributed by atoms with Crippen molar-refractivity contribution in [3.63, 3.8) is 0 Å². The van der Waals surface area contributed by atoms with Crippen LogP contribution in [0.3, 0.4) is 0 Å². The van der Waals surface area contributed by atoms with Crippen LogP contribution in [0.4, 0.5) is 11.6 Å². The quantitative estimate of drug-likeness (QED) is 0.416. The topological polar surface area (TPSA) is 118 Å². The van der Waals surface area contributed by atoms with Gasteiger partial charge in [-0.1, -0.05) is 23.7 Å². The van der Waals surface area contributed by atoms with Gasteiger partial charge < -0.3 is 16.2 Å². The van der Waals surface area contributed by atoms with E-state index < -0.39 is 0 Å². The zero-order valence-corrected chi connectivity index (χ0v) is 18.5. The third kappa shape index (κ3) is 4.15. The summed E-state index contributed by atoms with van der Waals surface area (Å²) in [5, 5.41) is 12.9. The Bertz CT molecular complexity index is 1320. The van der Waals surface area contributed by atoms with Crippen molar-refractivity contribution in [1.82, 2.24) is 19.4 Å². The molecule has 1 saturated carbocycles. The molecule has 0 radical (unpaired) electrons.